The predicted octanol–water partition coefficient (Wildman–Crippen LogP) is 25.6. The van der Waals surface area contributed by atoms with E-state index in [1.807, 2.05) is 0 Å². The number of nitrogens with zero attached hydrogens (tertiary/aromatic N) is 3. The molecule has 0 fully saturated rings. The Morgan fingerprint density at radius 3 is 0.673 bits per heavy atom. The van der Waals surface area contributed by atoms with Crippen molar-refractivity contribution in [2.75, 3.05) is 0 Å². The lowest BCUT2D eigenvalue weighted by molar-refractivity contribution is 1.13. The van der Waals surface area contributed by atoms with Crippen LogP contribution in [0.25, 0.3) is 178 Å². The van der Waals surface area contributed by atoms with Gasteiger partial charge in [0.2, 0.25) is 0 Å². The quantitative estimate of drug-likeness (QED) is 0.113. The molecule has 0 aliphatic carbocycles. The van der Waals surface area contributed by atoms with Gasteiger partial charge in [-0.25, -0.2) is 4.98 Å². The van der Waals surface area contributed by atoms with Crippen LogP contribution < -0.4 is 0 Å². The van der Waals surface area contributed by atoms with Crippen molar-refractivity contribution in [3.63, 3.8) is 0 Å². The first-order valence-corrected chi connectivity index (χ1v) is 33.7. The fourth-order valence-electron chi connectivity index (χ4n) is 14.9. The van der Waals surface area contributed by atoms with E-state index in [-0.39, 0.29) is 0 Å². The molecule has 0 aliphatic rings. The van der Waals surface area contributed by atoms with Gasteiger partial charge in [0.25, 0.3) is 0 Å². The number of hydrogen-bond donors (Lipinski definition) is 0. The van der Waals surface area contributed by atoms with Crippen LogP contribution in [0.3, 0.4) is 0 Å². The largest absolute Gasteiger partial charge is 0.309 e. The summed E-state index contributed by atoms with van der Waals surface area (Å²) < 4.78 is 5.00. The van der Waals surface area contributed by atoms with E-state index in [4.69, 9.17) is 4.98 Å². The molecule has 458 valence electrons. The molecule has 15 aromatic carbocycles. The highest BCUT2D eigenvalue weighted by Gasteiger charge is 2.23. The van der Waals surface area contributed by atoms with E-state index < -0.39 is 0 Å². The van der Waals surface area contributed by atoms with Gasteiger partial charge in [-0.3, -0.25) is 0 Å². The van der Waals surface area contributed by atoms with Gasteiger partial charge in [0, 0.05) is 44.0 Å². The lowest BCUT2D eigenvalue weighted by Gasteiger charge is -2.17. The average Bonchev–Trinajstić information content (AvgIpc) is 1.55. The summed E-state index contributed by atoms with van der Waals surface area (Å²) in [6, 6.07) is 140. The minimum atomic E-state index is 0.870. The standard InChI is InChI=1S/C95H63N3/c1-7-27-64(28-8-1)74-61-90(69-37-17-6-18-38-69)96-91(62-74)75-55-76(97-92-51-47-70(82-43-23-19-39-78(82)65-29-9-2-10-30-65)57-86(92)87-58-71(48-52-93(87)97)83-44-24-20-40-79(83)66-31-11-3-12-32-66)63-77(56-75)98-94-53-49-72(84-45-25-21-41-80(84)67-33-13-4-14-34-67)59-88(94)89-60-73(50-54-95(89)98)85-46-26-22-42-81(85)68-35-15-5-16-36-68/h1-63H. The minimum Gasteiger partial charge on any atom is -0.309 e. The van der Waals surface area contributed by atoms with Gasteiger partial charge in [-0.1, -0.05) is 303 Å². The summed E-state index contributed by atoms with van der Waals surface area (Å²) in [7, 11) is 0. The monoisotopic (exact) mass is 1250 g/mol. The Bertz CT molecular complexity index is 5370. The highest BCUT2D eigenvalue weighted by Crippen LogP contribution is 2.46. The molecule has 0 saturated heterocycles. The second-order valence-electron chi connectivity index (χ2n) is 25.3. The Morgan fingerprint density at radius 2 is 0.388 bits per heavy atom. The smallest absolute Gasteiger partial charge is 0.0717 e. The molecule has 0 spiro atoms. The first-order valence-electron chi connectivity index (χ1n) is 33.7. The number of pyridine rings is 1. The van der Waals surface area contributed by atoms with Crippen molar-refractivity contribution in [1.82, 2.24) is 14.1 Å². The first-order chi connectivity index (χ1) is 48.6. The van der Waals surface area contributed by atoms with Crippen LogP contribution in [0.2, 0.25) is 0 Å². The highest BCUT2D eigenvalue weighted by atomic mass is 15.0. The van der Waals surface area contributed by atoms with E-state index in [0.717, 1.165) is 111 Å². The Balaban J connectivity index is 0.924. The number of hydrogen-bond acceptors (Lipinski definition) is 1. The molecule has 18 rings (SSSR count). The summed E-state index contributed by atoms with van der Waals surface area (Å²) in [6.45, 7) is 0. The van der Waals surface area contributed by atoms with Crippen LogP contribution in [0.4, 0.5) is 0 Å². The molecule has 0 saturated carbocycles. The molecule has 0 aliphatic heterocycles. The fourth-order valence-corrected chi connectivity index (χ4v) is 14.9. The van der Waals surface area contributed by atoms with Gasteiger partial charge >= 0.3 is 0 Å². The molecule has 0 atom stereocenters. The van der Waals surface area contributed by atoms with Gasteiger partial charge in [-0.2, -0.15) is 0 Å². The van der Waals surface area contributed by atoms with Gasteiger partial charge < -0.3 is 9.13 Å². The molecule has 3 heteroatoms. The highest BCUT2D eigenvalue weighted by molar-refractivity contribution is 6.14. The van der Waals surface area contributed by atoms with E-state index in [2.05, 4.69) is 391 Å². The minimum absolute atomic E-state index is 0.870. The maximum Gasteiger partial charge on any atom is 0.0717 e. The zero-order valence-corrected chi connectivity index (χ0v) is 53.7. The SMILES string of the molecule is c1ccc(-c2cc(-c3ccccc3)nc(-c3cc(-n4c5ccc(-c6ccccc6-c6ccccc6)cc5c5cc(-c6ccccc6-c6ccccc6)ccc54)cc(-n4c5ccc(-c6ccccc6-c6ccccc6)cc5c5cc(-c6ccccc6-c6ccccc6)ccc54)c3)c2)cc1. The normalized spacial score (nSPS) is 11.5. The number of aromatic nitrogens is 3. The molecule has 3 aromatic heterocycles. The Hall–Kier alpha value is -13.0. The summed E-state index contributed by atoms with van der Waals surface area (Å²) in [5, 5.41) is 4.63. The fraction of sp³-hybridized carbons (Fsp3) is 0. The summed E-state index contributed by atoms with van der Waals surface area (Å²) in [6.07, 6.45) is 0. The van der Waals surface area contributed by atoms with Crippen LogP contribution in [-0.2, 0) is 0 Å². The Morgan fingerprint density at radius 1 is 0.153 bits per heavy atom. The molecule has 98 heavy (non-hydrogen) atoms. The van der Waals surface area contributed by atoms with Gasteiger partial charge in [-0.15, -0.1) is 0 Å². The second-order valence-corrected chi connectivity index (χ2v) is 25.3. The molecular formula is C95H63N3. The third kappa shape index (κ3) is 10.5. The summed E-state index contributed by atoms with van der Waals surface area (Å²) in [5.41, 5.74) is 31.3. The van der Waals surface area contributed by atoms with Gasteiger partial charge in [0.1, 0.15) is 0 Å². The third-order valence-electron chi connectivity index (χ3n) is 19.5. The van der Waals surface area contributed by atoms with E-state index in [1.54, 1.807) is 0 Å². The maximum atomic E-state index is 5.69. The predicted molar refractivity (Wildman–Crippen MR) is 413 cm³/mol. The van der Waals surface area contributed by atoms with Crippen LogP contribution in [-0.4, -0.2) is 14.1 Å². The molecule has 0 unspecified atom stereocenters. The Labute approximate surface area is 570 Å². The summed E-state index contributed by atoms with van der Waals surface area (Å²) >= 11 is 0. The number of benzene rings is 15. The van der Waals surface area contributed by atoms with Crippen LogP contribution in [0.1, 0.15) is 0 Å². The molecule has 18 aromatic rings. The van der Waals surface area contributed by atoms with Crippen molar-refractivity contribution in [1.29, 1.82) is 0 Å². The maximum absolute atomic E-state index is 5.69. The van der Waals surface area contributed by atoms with E-state index in [0.29, 0.717) is 0 Å². The molecule has 0 N–H and O–H groups in total. The lowest BCUT2D eigenvalue weighted by atomic mass is 9.92. The van der Waals surface area contributed by atoms with Gasteiger partial charge in [-0.05, 0) is 179 Å². The van der Waals surface area contributed by atoms with Gasteiger partial charge in [0.15, 0.2) is 0 Å². The van der Waals surface area contributed by atoms with Crippen molar-refractivity contribution in [2.24, 2.45) is 0 Å². The third-order valence-corrected chi connectivity index (χ3v) is 19.5. The average molecular weight is 1250 g/mol. The Kier molecular flexibility index (Phi) is 14.6. The van der Waals surface area contributed by atoms with Crippen molar-refractivity contribution in [3.05, 3.63) is 382 Å². The molecule has 0 radical (unpaired) electrons. The van der Waals surface area contributed by atoms with Crippen molar-refractivity contribution in [3.8, 4) is 134 Å². The van der Waals surface area contributed by atoms with Gasteiger partial charge in [0.05, 0.1) is 33.5 Å². The van der Waals surface area contributed by atoms with E-state index in [1.165, 1.54) is 66.8 Å². The number of rotatable bonds is 13. The van der Waals surface area contributed by atoms with E-state index in [9.17, 15) is 0 Å². The molecule has 3 heterocycles. The topological polar surface area (TPSA) is 22.8 Å². The summed E-state index contributed by atoms with van der Waals surface area (Å²) in [5.74, 6) is 0. The molecular weight excluding hydrogens is 1180 g/mol. The molecule has 0 amide bonds. The number of fused-ring (bicyclic) bond motifs is 6. The van der Waals surface area contributed by atoms with Crippen molar-refractivity contribution in [2.45, 2.75) is 0 Å². The van der Waals surface area contributed by atoms with E-state index >= 15 is 0 Å². The second kappa shape index (κ2) is 24.7. The zero-order chi connectivity index (χ0) is 64.9. The molecule has 0 bridgehead atoms. The lowest BCUT2D eigenvalue weighted by Crippen LogP contribution is -2.01. The van der Waals surface area contributed by atoms with Crippen LogP contribution >= 0.6 is 0 Å². The first kappa shape index (κ1) is 57.7. The zero-order valence-electron chi connectivity index (χ0n) is 53.7. The van der Waals surface area contributed by atoms with Crippen molar-refractivity contribution < 1.29 is 0 Å². The molecule has 3 nitrogen and oxygen atoms in total. The van der Waals surface area contributed by atoms with Crippen LogP contribution in [0.15, 0.2) is 382 Å². The van der Waals surface area contributed by atoms with Crippen molar-refractivity contribution >= 4 is 43.6 Å². The summed E-state index contributed by atoms with van der Waals surface area (Å²) in [4.78, 5) is 5.69. The van der Waals surface area contributed by atoms with Crippen LogP contribution in [0.5, 0.6) is 0 Å². The van der Waals surface area contributed by atoms with Crippen LogP contribution in [0, 0.1) is 0 Å².